The molecular formula is C8H12O2Si. The summed E-state index contributed by atoms with van der Waals surface area (Å²) < 4.78 is 4.79. The van der Waals surface area contributed by atoms with E-state index in [1.54, 1.807) is 0 Å². The Morgan fingerprint density at radius 3 is 2.91 bits per heavy atom. The fraction of sp³-hybridized carbons (Fsp3) is 0.375. The molecule has 0 heterocycles. The van der Waals surface area contributed by atoms with Gasteiger partial charge in [-0.3, -0.25) is 0 Å². The van der Waals surface area contributed by atoms with Crippen LogP contribution in [0.2, 0.25) is 6.55 Å². The zero-order valence-corrected chi connectivity index (χ0v) is 8.14. The highest BCUT2D eigenvalue weighted by Crippen LogP contribution is 1.92. The molecule has 0 saturated heterocycles. The summed E-state index contributed by atoms with van der Waals surface area (Å²) in [5.74, 6) is 2.10. The summed E-state index contributed by atoms with van der Waals surface area (Å²) in [5, 5.41) is 0.627. The van der Waals surface area contributed by atoms with Gasteiger partial charge >= 0.3 is 5.97 Å². The molecule has 60 valence electrons. The fourth-order valence-electron chi connectivity index (χ4n) is 0.449. The third kappa shape index (κ3) is 4.40. The van der Waals surface area contributed by atoms with E-state index in [2.05, 4.69) is 12.5 Å². The molecule has 0 unspecified atom stereocenters. The number of esters is 1. The summed E-state index contributed by atoms with van der Waals surface area (Å²) in [6.07, 6.45) is 5.44. The third-order valence-corrected chi connectivity index (χ3v) is 2.34. The van der Waals surface area contributed by atoms with E-state index in [4.69, 9.17) is 11.2 Å². The van der Waals surface area contributed by atoms with Crippen LogP contribution in [-0.2, 0) is 9.53 Å². The van der Waals surface area contributed by atoms with E-state index in [-0.39, 0.29) is 5.97 Å². The standard InChI is InChI=1S/C8H12O2Si/c1-4-5-6-10-8(9)7(2)11-3/h1H,2,5-6,11H2,3H3. The number of rotatable bonds is 4. The van der Waals surface area contributed by atoms with Gasteiger partial charge in [0.05, 0.1) is 9.52 Å². The van der Waals surface area contributed by atoms with E-state index in [1.807, 2.05) is 6.55 Å². The van der Waals surface area contributed by atoms with Gasteiger partial charge in [-0.15, -0.1) is 12.3 Å². The maximum Gasteiger partial charge on any atom is 0.328 e. The molecule has 2 nitrogen and oxygen atoms in total. The minimum Gasteiger partial charge on any atom is -0.462 e. The van der Waals surface area contributed by atoms with Gasteiger partial charge in [0.2, 0.25) is 0 Å². The lowest BCUT2D eigenvalue weighted by Crippen LogP contribution is -2.10. The van der Waals surface area contributed by atoms with Gasteiger partial charge in [-0.25, -0.2) is 4.79 Å². The van der Waals surface area contributed by atoms with Crippen molar-refractivity contribution in [2.75, 3.05) is 6.61 Å². The summed E-state index contributed by atoms with van der Waals surface area (Å²) in [5.41, 5.74) is 0. The Kier molecular flexibility index (Phi) is 5.22. The first-order chi connectivity index (χ1) is 5.22. The second-order valence-corrected chi connectivity index (χ2v) is 3.61. The van der Waals surface area contributed by atoms with Crippen molar-refractivity contribution in [3.63, 3.8) is 0 Å². The lowest BCUT2D eigenvalue weighted by Gasteiger charge is -2.01. The average molecular weight is 168 g/mol. The number of ether oxygens (including phenoxy) is 1. The van der Waals surface area contributed by atoms with Gasteiger partial charge in [0, 0.05) is 11.6 Å². The van der Waals surface area contributed by atoms with Crippen LogP contribution in [0.5, 0.6) is 0 Å². The van der Waals surface area contributed by atoms with Crippen molar-refractivity contribution in [1.29, 1.82) is 0 Å². The van der Waals surface area contributed by atoms with Crippen molar-refractivity contribution in [3.8, 4) is 12.3 Å². The van der Waals surface area contributed by atoms with Crippen molar-refractivity contribution >= 4 is 15.5 Å². The van der Waals surface area contributed by atoms with Crippen LogP contribution >= 0.6 is 0 Å². The van der Waals surface area contributed by atoms with Gasteiger partial charge in [-0.1, -0.05) is 13.1 Å². The molecule has 0 aromatic carbocycles. The van der Waals surface area contributed by atoms with Crippen LogP contribution in [0.1, 0.15) is 6.42 Å². The van der Waals surface area contributed by atoms with Crippen LogP contribution in [0.4, 0.5) is 0 Å². The lowest BCUT2D eigenvalue weighted by atomic mass is 10.5. The summed E-state index contributed by atoms with van der Waals surface area (Å²) in [7, 11) is -0.464. The largest absolute Gasteiger partial charge is 0.462 e. The van der Waals surface area contributed by atoms with Gasteiger partial charge < -0.3 is 4.74 Å². The van der Waals surface area contributed by atoms with Gasteiger partial charge in [0.1, 0.15) is 6.61 Å². The Morgan fingerprint density at radius 1 is 1.82 bits per heavy atom. The molecule has 0 fully saturated rings. The molecule has 0 aliphatic heterocycles. The molecule has 0 rings (SSSR count). The van der Waals surface area contributed by atoms with Crippen LogP contribution in [0.15, 0.2) is 11.8 Å². The van der Waals surface area contributed by atoms with E-state index >= 15 is 0 Å². The van der Waals surface area contributed by atoms with E-state index in [9.17, 15) is 4.79 Å². The number of hydrogen-bond acceptors (Lipinski definition) is 2. The number of terminal acetylenes is 1. The van der Waals surface area contributed by atoms with Crippen LogP contribution < -0.4 is 0 Å². The third-order valence-electron chi connectivity index (χ3n) is 1.20. The van der Waals surface area contributed by atoms with E-state index < -0.39 is 9.52 Å². The average Bonchev–Trinajstić information content (AvgIpc) is 2.03. The molecule has 3 heteroatoms. The van der Waals surface area contributed by atoms with Crippen molar-refractivity contribution in [2.45, 2.75) is 13.0 Å². The molecule has 0 bridgehead atoms. The quantitative estimate of drug-likeness (QED) is 0.198. The normalized spacial score (nSPS) is 9.45. The SMILES string of the molecule is C#CCCOC(=O)C(=C)[SiH2]C. The van der Waals surface area contributed by atoms with Crippen molar-refractivity contribution < 1.29 is 9.53 Å². The molecule has 0 aliphatic rings. The molecule has 0 atom stereocenters. The highest BCUT2D eigenvalue weighted by Gasteiger charge is 2.04. The van der Waals surface area contributed by atoms with Crippen LogP contribution in [-0.4, -0.2) is 22.1 Å². The van der Waals surface area contributed by atoms with Crippen LogP contribution in [0.3, 0.4) is 0 Å². The first kappa shape index (κ1) is 9.99. The number of carbonyl (C=O) groups excluding carboxylic acids is 1. The Balaban J connectivity index is 3.54. The molecule has 0 N–H and O–H groups in total. The van der Waals surface area contributed by atoms with Crippen LogP contribution in [0, 0.1) is 12.3 Å². The van der Waals surface area contributed by atoms with Gasteiger partial charge in [0.15, 0.2) is 0 Å². The first-order valence-electron chi connectivity index (χ1n) is 3.50. The topological polar surface area (TPSA) is 26.3 Å². The maximum atomic E-state index is 10.9. The molecule has 0 aliphatic carbocycles. The molecule has 0 amide bonds. The zero-order chi connectivity index (χ0) is 8.69. The van der Waals surface area contributed by atoms with Gasteiger partial charge in [-0.05, 0) is 0 Å². The zero-order valence-electron chi connectivity index (χ0n) is 6.72. The first-order valence-corrected chi connectivity index (χ1v) is 5.62. The summed E-state index contributed by atoms with van der Waals surface area (Å²) in [6.45, 7) is 5.89. The van der Waals surface area contributed by atoms with Crippen molar-refractivity contribution in [3.05, 3.63) is 11.8 Å². The monoisotopic (exact) mass is 168 g/mol. The maximum absolute atomic E-state index is 10.9. The Labute approximate surface area is 69.5 Å². The van der Waals surface area contributed by atoms with E-state index in [0.717, 1.165) is 0 Å². The highest BCUT2D eigenvalue weighted by molar-refractivity contribution is 6.51. The summed E-state index contributed by atoms with van der Waals surface area (Å²) >= 11 is 0. The van der Waals surface area contributed by atoms with Gasteiger partial charge in [-0.2, -0.15) is 0 Å². The van der Waals surface area contributed by atoms with E-state index in [1.165, 1.54) is 0 Å². The highest BCUT2D eigenvalue weighted by atomic mass is 28.2. The molecule has 0 saturated carbocycles. The number of carbonyl (C=O) groups is 1. The summed E-state index contributed by atoms with van der Waals surface area (Å²) in [4.78, 5) is 10.9. The predicted octanol–water partition coefficient (Wildman–Crippen LogP) is 0.283. The summed E-state index contributed by atoms with van der Waals surface area (Å²) in [6, 6.07) is 0. The Hall–Kier alpha value is -1.01. The Morgan fingerprint density at radius 2 is 2.45 bits per heavy atom. The molecule has 0 aromatic rings. The van der Waals surface area contributed by atoms with Crippen molar-refractivity contribution in [1.82, 2.24) is 0 Å². The number of hydrogen-bond donors (Lipinski definition) is 0. The predicted molar refractivity (Wildman–Crippen MR) is 48.0 cm³/mol. The van der Waals surface area contributed by atoms with Crippen molar-refractivity contribution in [2.24, 2.45) is 0 Å². The van der Waals surface area contributed by atoms with E-state index in [0.29, 0.717) is 18.2 Å². The molecule has 0 spiro atoms. The molecular weight excluding hydrogens is 156 g/mol. The molecule has 0 radical (unpaired) electrons. The lowest BCUT2D eigenvalue weighted by molar-refractivity contribution is -0.138. The molecule has 0 aromatic heterocycles. The minimum atomic E-state index is -0.464. The Bertz CT molecular complexity index is 191. The minimum absolute atomic E-state index is 0.283. The fourth-order valence-corrected chi connectivity index (χ4v) is 0.840. The second kappa shape index (κ2) is 5.75. The van der Waals surface area contributed by atoms with Crippen LogP contribution in [0.25, 0.3) is 0 Å². The second-order valence-electron chi connectivity index (χ2n) is 2.05. The molecule has 11 heavy (non-hydrogen) atoms. The van der Waals surface area contributed by atoms with Gasteiger partial charge in [0.25, 0.3) is 0 Å². The smallest absolute Gasteiger partial charge is 0.328 e.